The van der Waals surface area contributed by atoms with Gasteiger partial charge in [-0.25, -0.2) is 8.42 Å². The lowest BCUT2D eigenvalue weighted by Gasteiger charge is -2.15. The van der Waals surface area contributed by atoms with E-state index in [0.717, 1.165) is 6.42 Å². The molecule has 1 saturated heterocycles. The Morgan fingerprint density at radius 3 is 2.59 bits per heavy atom. The molecule has 4 nitrogen and oxygen atoms in total. The van der Waals surface area contributed by atoms with Gasteiger partial charge in [0.05, 0.1) is 17.4 Å². The average Bonchev–Trinajstić information content (AvgIpc) is 2.54. The van der Waals surface area contributed by atoms with Gasteiger partial charge in [0.1, 0.15) is 0 Å². The van der Waals surface area contributed by atoms with E-state index in [4.69, 9.17) is 0 Å². The summed E-state index contributed by atoms with van der Waals surface area (Å²) in [5.74, 6) is 0.256. The molecule has 6 heteroatoms. The number of hydrogen-bond donors (Lipinski definition) is 1. The van der Waals surface area contributed by atoms with E-state index in [1.807, 2.05) is 0 Å². The van der Waals surface area contributed by atoms with Gasteiger partial charge in [0.15, 0.2) is 9.84 Å². The normalized spacial score (nSPS) is 24.8. The molecule has 0 spiro atoms. The van der Waals surface area contributed by atoms with Crippen molar-refractivity contribution in [2.45, 2.75) is 31.5 Å². The van der Waals surface area contributed by atoms with E-state index in [0.29, 0.717) is 18.9 Å². The molecule has 17 heavy (non-hydrogen) atoms. The van der Waals surface area contributed by atoms with Crippen molar-refractivity contribution in [2.24, 2.45) is 11.8 Å². The van der Waals surface area contributed by atoms with Crippen LogP contribution in [0, 0.1) is 11.8 Å². The third-order valence-corrected chi connectivity index (χ3v) is 5.29. The topological polar surface area (TPSA) is 63.2 Å². The van der Waals surface area contributed by atoms with E-state index < -0.39 is 9.84 Å². The van der Waals surface area contributed by atoms with Crippen LogP contribution in [0.3, 0.4) is 0 Å². The second-order valence-corrected chi connectivity index (χ2v) is 8.60. The summed E-state index contributed by atoms with van der Waals surface area (Å²) >= 11 is 3.50. The van der Waals surface area contributed by atoms with E-state index >= 15 is 0 Å². The number of halogens is 1. The van der Waals surface area contributed by atoms with Crippen molar-refractivity contribution in [3.8, 4) is 0 Å². The number of sulfone groups is 1. The predicted octanol–water partition coefficient (Wildman–Crippen LogP) is 1.35. The van der Waals surface area contributed by atoms with Gasteiger partial charge in [-0.1, -0.05) is 29.8 Å². The number of rotatable bonds is 5. The summed E-state index contributed by atoms with van der Waals surface area (Å²) in [6, 6.07) is 0. The Hall–Kier alpha value is -0.100. The van der Waals surface area contributed by atoms with Crippen LogP contribution in [0.2, 0.25) is 0 Å². The molecule has 1 fully saturated rings. The van der Waals surface area contributed by atoms with Crippen LogP contribution in [-0.4, -0.2) is 37.2 Å². The maximum atomic E-state index is 11.7. The molecule has 0 aromatic heterocycles. The lowest BCUT2D eigenvalue weighted by molar-refractivity contribution is -0.124. The third kappa shape index (κ3) is 5.38. The molecule has 0 aromatic rings. The quantitative estimate of drug-likeness (QED) is 0.776. The Balaban J connectivity index is 2.31. The number of alkyl halides is 1. The lowest BCUT2D eigenvalue weighted by atomic mass is 10.1. The zero-order chi connectivity index (χ0) is 13.1. The summed E-state index contributed by atoms with van der Waals surface area (Å²) in [4.78, 5) is 12.0. The molecule has 0 aromatic carbocycles. The fourth-order valence-electron chi connectivity index (χ4n) is 1.95. The molecule has 100 valence electrons. The molecule has 1 amide bonds. The molecule has 0 bridgehead atoms. The first-order chi connectivity index (χ1) is 7.80. The SMILES string of the molecule is CC(C)CC(Br)CNC(=O)C1CCS(=O)(=O)C1. The van der Waals surface area contributed by atoms with Crippen molar-refractivity contribution in [2.75, 3.05) is 18.1 Å². The van der Waals surface area contributed by atoms with Gasteiger partial charge in [-0.15, -0.1) is 0 Å². The minimum absolute atomic E-state index is 0.00989. The Bertz CT molecular complexity index is 367. The van der Waals surface area contributed by atoms with Gasteiger partial charge in [0.2, 0.25) is 5.91 Å². The van der Waals surface area contributed by atoms with Crippen LogP contribution in [0.4, 0.5) is 0 Å². The molecule has 1 heterocycles. The zero-order valence-electron chi connectivity index (χ0n) is 10.3. The standard InChI is InChI=1S/C11H20BrNO3S/c1-8(2)5-10(12)6-13-11(14)9-3-4-17(15,16)7-9/h8-10H,3-7H2,1-2H3,(H,13,14). The van der Waals surface area contributed by atoms with Gasteiger partial charge >= 0.3 is 0 Å². The summed E-state index contributed by atoms with van der Waals surface area (Å²) in [5, 5.41) is 2.82. The fourth-order valence-corrected chi connectivity index (χ4v) is 4.60. The monoisotopic (exact) mass is 325 g/mol. The Morgan fingerprint density at radius 1 is 1.47 bits per heavy atom. The molecule has 1 N–H and O–H groups in total. The largest absolute Gasteiger partial charge is 0.355 e. The molecule has 1 aliphatic heterocycles. The smallest absolute Gasteiger partial charge is 0.224 e. The second-order valence-electron chi connectivity index (χ2n) is 5.07. The molecule has 2 atom stereocenters. The van der Waals surface area contributed by atoms with Gasteiger partial charge in [-0.2, -0.15) is 0 Å². The summed E-state index contributed by atoms with van der Waals surface area (Å²) in [6.45, 7) is 4.81. The van der Waals surface area contributed by atoms with E-state index in [9.17, 15) is 13.2 Å². The van der Waals surface area contributed by atoms with Gasteiger partial charge in [0.25, 0.3) is 0 Å². The number of carbonyl (C=O) groups excluding carboxylic acids is 1. The highest BCUT2D eigenvalue weighted by Crippen LogP contribution is 2.18. The van der Waals surface area contributed by atoms with Crippen molar-refractivity contribution >= 4 is 31.7 Å². The predicted molar refractivity (Wildman–Crippen MR) is 71.9 cm³/mol. The first-order valence-corrected chi connectivity index (χ1v) is 8.66. The molecular formula is C11H20BrNO3S. The Kier molecular flexibility index (Phi) is 5.44. The van der Waals surface area contributed by atoms with Crippen LogP contribution in [-0.2, 0) is 14.6 Å². The fraction of sp³-hybridized carbons (Fsp3) is 0.909. The Morgan fingerprint density at radius 2 is 2.12 bits per heavy atom. The van der Waals surface area contributed by atoms with E-state index in [1.54, 1.807) is 0 Å². The van der Waals surface area contributed by atoms with E-state index in [2.05, 4.69) is 35.1 Å². The third-order valence-electron chi connectivity index (χ3n) is 2.83. The maximum absolute atomic E-state index is 11.7. The molecule has 1 aliphatic rings. The second kappa shape index (κ2) is 6.18. The highest BCUT2D eigenvalue weighted by Gasteiger charge is 2.32. The zero-order valence-corrected chi connectivity index (χ0v) is 12.7. The summed E-state index contributed by atoms with van der Waals surface area (Å²) < 4.78 is 22.5. The van der Waals surface area contributed by atoms with Crippen molar-refractivity contribution in [1.29, 1.82) is 0 Å². The van der Waals surface area contributed by atoms with Crippen molar-refractivity contribution in [1.82, 2.24) is 5.32 Å². The highest BCUT2D eigenvalue weighted by molar-refractivity contribution is 9.09. The van der Waals surface area contributed by atoms with Gasteiger partial charge in [0, 0.05) is 11.4 Å². The molecule has 2 unspecified atom stereocenters. The number of carbonyl (C=O) groups is 1. The molecule has 0 saturated carbocycles. The molecular weight excluding hydrogens is 306 g/mol. The van der Waals surface area contributed by atoms with Crippen LogP contribution in [0.15, 0.2) is 0 Å². The first kappa shape index (κ1) is 15.0. The van der Waals surface area contributed by atoms with Gasteiger partial charge < -0.3 is 5.32 Å². The summed E-state index contributed by atoms with van der Waals surface area (Å²) in [6.07, 6.45) is 1.45. The number of hydrogen-bond acceptors (Lipinski definition) is 3. The maximum Gasteiger partial charge on any atom is 0.224 e. The van der Waals surface area contributed by atoms with Crippen LogP contribution in [0.5, 0.6) is 0 Å². The molecule has 0 aliphatic carbocycles. The van der Waals surface area contributed by atoms with E-state index in [-0.39, 0.29) is 28.2 Å². The van der Waals surface area contributed by atoms with Crippen molar-refractivity contribution < 1.29 is 13.2 Å². The van der Waals surface area contributed by atoms with Crippen molar-refractivity contribution in [3.05, 3.63) is 0 Å². The van der Waals surface area contributed by atoms with Crippen LogP contribution < -0.4 is 5.32 Å². The van der Waals surface area contributed by atoms with Crippen molar-refractivity contribution in [3.63, 3.8) is 0 Å². The van der Waals surface area contributed by atoms with Crippen LogP contribution in [0.1, 0.15) is 26.7 Å². The Labute approximate surface area is 112 Å². The highest BCUT2D eigenvalue weighted by atomic mass is 79.9. The molecule has 1 rings (SSSR count). The minimum atomic E-state index is -2.97. The number of amides is 1. The van der Waals surface area contributed by atoms with Crippen LogP contribution >= 0.6 is 15.9 Å². The summed E-state index contributed by atoms with van der Waals surface area (Å²) in [5.41, 5.74) is 0. The molecule has 0 radical (unpaired) electrons. The van der Waals surface area contributed by atoms with Gasteiger partial charge in [-0.05, 0) is 18.8 Å². The first-order valence-electron chi connectivity index (χ1n) is 5.92. The summed E-state index contributed by atoms with van der Waals surface area (Å²) in [7, 11) is -2.97. The van der Waals surface area contributed by atoms with Crippen LogP contribution in [0.25, 0.3) is 0 Å². The average molecular weight is 326 g/mol. The van der Waals surface area contributed by atoms with E-state index in [1.165, 1.54) is 0 Å². The minimum Gasteiger partial charge on any atom is -0.355 e. The van der Waals surface area contributed by atoms with Gasteiger partial charge in [-0.3, -0.25) is 4.79 Å². The number of nitrogens with one attached hydrogen (secondary N) is 1. The lowest BCUT2D eigenvalue weighted by Crippen LogP contribution is -2.35.